The minimum atomic E-state index is -1.32. The molecular formula is C8H8BrNO3. The number of pyridine rings is 1. The summed E-state index contributed by atoms with van der Waals surface area (Å²) in [5.74, 6) is -0.717. The van der Waals surface area contributed by atoms with Gasteiger partial charge in [-0.2, -0.15) is 0 Å². The van der Waals surface area contributed by atoms with Crippen LogP contribution in [0.5, 0.6) is 0 Å². The van der Waals surface area contributed by atoms with Gasteiger partial charge in [-0.25, -0.2) is 9.78 Å². The highest BCUT2D eigenvalue weighted by Crippen LogP contribution is 2.14. The lowest BCUT2D eigenvalue weighted by Crippen LogP contribution is -2.14. The third-order valence-corrected chi connectivity index (χ3v) is 1.88. The Labute approximate surface area is 83.7 Å². The molecule has 13 heavy (non-hydrogen) atoms. The van der Waals surface area contributed by atoms with E-state index in [2.05, 4.69) is 25.7 Å². The first kappa shape index (κ1) is 10.1. The fourth-order valence-electron chi connectivity index (χ4n) is 0.809. The van der Waals surface area contributed by atoms with E-state index < -0.39 is 12.1 Å². The van der Waals surface area contributed by atoms with Crippen molar-refractivity contribution in [1.29, 1.82) is 0 Å². The predicted molar refractivity (Wildman–Crippen MR) is 48.9 cm³/mol. The maximum absolute atomic E-state index is 10.9. The average molecular weight is 246 g/mol. The quantitative estimate of drug-likeness (QED) is 0.625. The van der Waals surface area contributed by atoms with E-state index in [1.54, 1.807) is 18.2 Å². The molecule has 1 atom stereocenters. The Balaban J connectivity index is 2.88. The monoisotopic (exact) mass is 245 g/mol. The summed E-state index contributed by atoms with van der Waals surface area (Å²) in [7, 11) is 1.21. The van der Waals surface area contributed by atoms with E-state index in [4.69, 9.17) is 0 Å². The maximum Gasteiger partial charge on any atom is 0.341 e. The van der Waals surface area contributed by atoms with Gasteiger partial charge in [0.15, 0.2) is 6.10 Å². The van der Waals surface area contributed by atoms with Gasteiger partial charge in [0.25, 0.3) is 0 Å². The number of nitrogens with zero attached hydrogens (tertiary/aromatic N) is 1. The molecule has 0 aromatic carbocycles. The number of hydrogen-bond acceptors (Lipinski definition) is 4. The molecule has 0 saturated heterocycles. The van der Waals surface area contributed by atoms with Crippen molar-refractivity contribution in [2.24, 2.45) is 0 Å². The molecule has 4 nitrogen and oxygen atoms in total. The molecule has 1 heterocycles. The Kier molecular flexibility index (Phi) is 3.39. The molecule has 0 aliphatic carbocycles. The number of ether oxygens (including phenoxy) is 1. The second-order valence-electron chi connectivity index (χ2n) is 2.31. The minimum absolute atomic E-state index is 0.265. The van der Waals surface area contributed by atoms with E-state index in [1.807, 2.05) is 0 Å². The van der Waals surface area contributed by atoms with Crippen molar-refractivity contribution in [3.63, 3.8) is 0 Å². The number of esters is 1. The van der Waals surface area contributed by atoms with Crippen LogP contribution in [0, 0.1) is 0 Å². The van der Waals surface area contributed by atoms with Gasteiger partial charge in [0.05, 0.1) is 12.8 Å². The lowest BCUT2D eigenvalue weighted by atomic mass is 10.2. The summed E-state index contributed by atoms with van der Waals surface area (Å²) in [5, 5.41) is 9.36. The molecule has 1 aromatic rings. The number of carbonyl (C=O) groups excluding carboxylic acids is 1. The number of aromatic nitrogens is 1. The lowest BCUT2D eigenvalue weighted by molar-refractivity contribution is -0.150. The number of aliphatic hydroxyl groups is 1. The Morgan fingerprint density at radius 2 is 2.38 bits per heavy atom. The van der Waals surface area contributed by atoms with E-state index in [1.165, 1.54) is 7.11 Å². The van der Waals surface area contributed by atoms with E-state index in [0.717, 1.165) is 0 Å². The molecule has 1 aromatic heterocycles. The predicted octanol–water partition coefficient (Wildman–Crippen LogP) is 1.05. The molecule has 0 amide bonds. The highest BCUT2D eigenvalue weighted by molar-refractivity contribution is 9.10. The van der Waals surface area contributed by atoms with Gasteiger partial charge in [-0.05, 0) is 28.1 Å². The van der Waals surface area contributed by atoms with Crippen molar-refractivity contribution in [3.8, 4) is 0 Å². The van der Waals surface area contributed by atoms with Crippen molar-refractivity contribution in [1.82, 2.24) is 4.98 Å². The van der Waals surface area contributed by atoms with Crippen LogP contribution in [-0.2, 0) is 9.53 Å². The van der Waals surface area contributed by atoms with Gasteiger partial charge in [0.1, 0.15) is 4.60 Å². The van der Waals surface area contributed by atoms with E-state index in [-0.39, 0.29) is 5.69 Å². The number of halogens is 1. The van der Waals surface area contributed by atoms with Gasteiger partial charge >= 0.3 is 5.97 Å². The van der Waals surface area contributed by atoms with Crippen LogP contribution >= 0.6 is 15.9 Å². The fourth-order valence-corrected chi connectivity index (χ4v) is 1.17. The highest BCUT2D eigenvalue weighted by Gasteiger charge is 2.18. The van der Waals surface area contributed by atoms with Crippen LogP contribution in [0.1, 0.15) is 11.8 Å². The van der Waals surface area contributed by atoms with Gasteiger partial charge in [-0.1, -0.05) is 6.07 Å². The molecule has 0 unspecified atom stereocenters. The second-order valence-corrected chi connectivity index (χ2v) is 3.12. The van der Waals surface area contributed by atoms with Crippen LogP contribution < -0.4 is 0 Å². The fraction of sp³-hybridized carbons (Fsp3) is 0.250. The molecule has 1 rings (SSSR count). The molecule has 0 bridgehead atoms. The third-order valence-electron chi connectivity index (χ3n) is 1.44. The summed E-state index contributed by atoms with van der Waals surface area (Å²) in [6.07, 6.45) is -1.32. The van der Waals surface area contributed by atoms with Crippen LogP contribution in [-0.4, -0.2) is 23.2 Å². The van der Waals surface area contributed by atoms with Gasteiger partial charge < -0.3 is 9.84 Å². The van der Waals surface area contributed by atoms with Crippen LogP contribution in [0.25, 0.3) is 0 Å². The SMILES string of the molecule is COC(=O)[C@@H](O)c1cccc(Br)n1. The summed E-state index contributed by atoms with van der Waals surface area (Å²) in [6.45, 7) is 0. The maximum atomic E-state index is 10.9. The Bertz CT molecular complexity index is 316. The van der Waals surface area contributed by atoms with E-state index in [0.29, 0.717) is 4.60 Å². The van der Waals surface area contributed by atoms with Crippen LogP contribution in [0.3, 0.4) is 0 Å². The van der Waals surface area contributed by atoms with Crippen molar-refractivity contribution in [2.45, 2.75) is 6.10 Å². The van der Waals surface area contributed by atoms with Gasteiger partial charge in [-0.15, -0.1) is 0 Å². The Hall–Kier alpha value is -0.940. The number of carbonyl (C=O) groups is 1. The standard InChI is InChI=1S/C8H8BrNO3/c1-13-8(12)7(11)5-3-2-4-6(9)10-5/h2-4,7,11H,1H3/t7-/m0/s1. The highest BCUT2D eigenvalue weighted by atomic mass is 79.9. The van der Waals surface area contributed by atoms with Crippen LogP contribution in [0.15, 0.2) is 22.8 Å². The molecule has 0 saturated carbocycles. The summed E-state index contributed by atoms with van der Waals surface area (Å²) in [4.78, 5) is 14.8. The van der Waals surface area contributed by atoms with Crippen molar-refractivity contribution < 1.29 is 14.6 Å². The van der Waals surface area contributed by atoms with E-state index in [9.17, 15) is 9.90 Å². The second kappa shape index (κ2) is 4.34. The molecule has 1 N–H and O–H groups in total. The third kappa shape index (κ3) is 2.50. The largest absolute Gasteiger partial charge is 0.467 e. The van der Waals surface area contributed by atoms with Crippen molar-refractivity contribution in [3.05, 3.63) is 28.5 Å². The molecule has 0 aliphatic rings. The molecule has 0 radical (unpaired) electrons. The smallest absolute Gasteiger partial charge is 0.341 e. The van der Waals surface area contributed by atoms with Crippen LogP contribution in [0.4, 0.5) is 0 Å². The van der Waals surface area contributed by atoms with Crippen LogP contribution in [0.2, 0.25) is 0 Å². The molecule has 0 aliphatic heterocycles. The Morgan fingerprint density at radius 3 is 2.92 bits per heavy atom. The summed E-state index contributed by atoms with van der Waals surface area (Å²) >= 11 is 3.13. The molecule has 5 heteroatoms. The summed E-state index contributed by atoms with van der Waals surface area (Å²) in [5.41, 5.74) is 0.265. The lowest BCUT2D eigenvalue weighted by Gasteiger charge is -2.06. The zero-order chi connectivity index (χ0) is 9.84. The summed E-state index contributed by atoms with van der Waals surface area (Å²) in [6, 6.07) is 4.93. The molecular weight excluding hydrogens is 238 g/mol. The number of aliphatic hydroxyl groups excluding tert-OH is 1. The number of hydrogen-bond donors (Lipinski definition) is 1. The first-order valence-electron chi connectivity index (χ1n) is 3.53. The van der Waals surface area contributed by atoms with E-state index >= 15 is 0 Å². The number of rotatable bonds is 2. The number of methoxy groups -OCH3 is 1. The first-order valence-corrected chi connectivity index (χ1v) is 4.33. The Morgan fingerprint density at radius 1 is 1.69 bits per heavy atom. The normalized spacial score (nSPS) is 12.2. The zero-order valence-electron chi connectivity index (χ0n) is 6.90. The zero-order valence-corrected chi connectivity index (χ0v) is 8.48. The topological polar surface area (TPSA) is 59.4 Å². The van der Waals surface area contributed by atoms with Gasteiger partial charge in [-0.3, -0.25) is 0 Å². The van der Waals surface area contributed by atoms with Gasteiger partial charge in [0.2, 0.25) is 0 Å². The molecule has 0 spiro atoms. The molecule has 70 valence electrons. The van der Waals surface area contributed by atoms with Crippen molar-refractivity contribution >= 4 is 21.9 Å². The summed E-state index contributed by atoms with van der Waals surface area (Å²) < 4.78 is 4.92. The minimum Gasteiger partial charge on any atom is -0.467 e. The first-order chi connectivity index (χ1) is 6.15. The van der Waals surface area contributed by atoms with Gasteiger partial charge in [0, 0.05) is 0 Å². The molecule has 0 fully saturated rings. The average Bonchev–Trinajstić information content (AvgIpc) is 2.15. The van der Waals surface area contributed by atoms with Crippen molar-refractivity contribution in [2.75, 3.05) is 7.11 Å².